The van der Waals surface area contributed by atoms with Crippen molar-refractivity contribution < 1.29 is 80.2 Å². The topological polar surface area (TPSA) is 237 Å². The van der Waals surface area contributed by atoms with Crippen LogP contribution in [0.3, 0.4) is 0 Å². The van der Waals surface area contributed by atoms with Crippen LogP contribution in [0.5, 0.6) is 0 Å². The molecule has 0 amide bonds. The summed E-state index contributed by atoms with van der Waals surface area (Å²) < 4.78 is 68.1. The van der Waals surface area contributed by atoms with Gasteiger partial charge in [-0.25, -0.2) is 9.13 Å². The Hall–Kier alpha value is -1.94. The third-order valence-electron chi connectivity index (χ3n) is 15.8. The number of aliphatic hydroxyl groups excluding tert-OH is 1. The van der Waals surface area contributed by atoms with Crippen molar-refractivity contribution in [1.29, 1.82) is 0 Å². The summed E-state index contributed by atoms with van der Waals surface area (Å²) >= 11 is 0. The summed E-state index contributed by atoms with van der Waals surface area (Å²) in [6.07, 6.45) is 42.9. The summed E-state index contributed by atoms with van der Waals surface area (Å²) in [6.45, 7) is 9.51. The molecule has 0 aromatic rings. The number of carbonyl (C=O) groups excluding carboxylic acids is 4. The van der Waals surface area contributed by atoms with E-state index in [1.54, 1.807) is 0 Å². The van der Waals surface area contributed by atoms with Gasteiger partial charge in [-0.1, -0.05) is 286 Å². The molecule has 0 saturated carbocycles. The van der Waals surface area contributed by atoms with E-state index in [0.29, 0.717) is 25.7 Å². The number of phosphoric acid groups is 2. The Morgan fingerprint density at radius 3 is 0.884 bits per heavy atom. The highest BCUT2D eigenvalue weighted by Crippen LogP contribution is 2.45. The van der Waals surface area contributed by atoms with E-state index in [0.717, 1.165) is 108 Å². The molecule has 0 aromatic heterocycles. The number of hydrogen-bond acceptors (Lipinski definition) is 15. The second kappa shape index (κ2) is 59.4. The minimum Gasteiger partial charge on any atom is -0.462 e. The van der Waals surface area contributed by atoms with Crippen LogP contribution >= 0.6 is 15.6 Å². The third-order valence-corrected chi connectivity index (χ3v) is 17.7. The van der Waals surface area contributed by atoms with E-state index in [4.69, 9.17) is 37.0 Å². The van der Waals surface area contributed by atoms with Gasteiger partial charge in [0.2, 0.25) is 0 Å². The van der Waals surface area contributed by atoms with Gasteiger partial charge in [-0.2, -0.15) is 0 Å². The summed E-state index contributed by atoms with van der Waals surface area (Å²) in [5.41, 5.74) is 0. The maximum absolute atomic E-state index is 13.0. The fourth-order valence-electron chi connectivity index (χ4n) is 10.0. The molecule has 0 aliphatic carbocycles. The van der Waals surface area contributed by atoms with Crippen LogP contribution in [0.4, 0.5) is 0 Å². The molecule has 0 spiro atoms. The molecule has 86 heavy (non-hydrogen) atoms. The summed E-state index contributed by atoms with van der Waals surface area (Å²) in [5, 5.41) is 10.6. The molecule has 0 heterocycles. The quantitative estimate of drug-likeness (QED) is 0.0222. The molecule has 3 unspecified atom stereocenters. The van der Waals surface area contributed by atoms with E-state index in [2.05, 4.69) is 41.5 Å². The standard InChI is InChI=1S/C67H130O17P2/c1-7-10-12-14-16-18-19-20-26-33-39-45-51-66(71)83-62(55-77-64(69)49-43-37-31-17-15-13-11-8-2)57-81-85(73,74)79-53-61(68)54-80-86(75,76)82-58-63(56-78-65(70)50-44-38-32-28-23-24-29-35-41-47-59(4)5)84-67(72)52-46-40-34-27-22-21-25-30-36-42-48-60(6)9-3/h59-63,68H,7-58H2,1-6H3,(H,73,74)(H,75,76)/t60?,61-,62+,63+/m0/s1. The van der Waals surface area contributed by atoms with Crippen LogP contribution in [-0.4, -0.2) is 96.7 Å². The smallest absolute Gasteiger partial charge is 0.462 e. The minimum atomic E-state index is -4.95. The lowest BCUT2D eigenvalue weighted by Crippen LogP contribution is -2.30. The number of unbranched alkanes of at least 4 members (excludes halogenated alkanes) is 35. The number of phosphoric ester groups is 2. The van der Waals surface area contributed by atoms with E-state index in [1.165, 1.54) is 148 Å². The predicted octanol–water partition coefficient (Wildman–Crippen LogP) is 18.8. The Morgan fingerprint density at radius 2 is 0.593 bits per heavy atom. The number of aliphatic hydroxyl groups is 1. The lowest BCUT2D eigenvalue weighted by Gasteiger charge is -2.21. The van der Waals surface area contributed by atoms with E-state index in [1.807, 2.05) is 0 Å². The second-order valence-electron chi connectivity index (χ2n) is 24.9. The molecule has 0 saturated heterocycles. The van der Waals surface area contributed by atoms with Crippen molar-refractivity contribution >= 4 is 39.5 Å². The summed E-state index contributed by atoms with van der Waals surface area (Å²) in [5.74, 6) is -0.583. The molecular weight excluding hydrogens is 1140 g/mol. The first-order chi connectivity index (χ1) is 41.4. The van der Waals surface area contributed by atoms with Crippen LogP contribution in [0.15, 0.2) is 0 Å². The fraction of sp³-hybridized carbons (Fsp3) is 0.940. The first-order valence-electron chi connectivity index (χ1n) is 35.0. The van der Waals surface area contributed by atoms with Crippen LogP contribution in [0.1, 0.15) is 337 Å². The number of hydrogen-bond donors (Lipinski definition) is 3. The second-order valence-corrected chi connectivity index (χ2v) is 27.8. The highest BCUT2D eigenvalue weighted by molar-refractivity contribution is 7.47. The number of carbonyl (C=O) groups is 4. The lowest BCUT2D eigenvalue weighted by atomic mass is 9.99. The van der Waals surface area contributed by atoms with E-state index >= 15 is 0 Å². The fourth-order valence-corrected chi connectivity index (χ4v) is 11.6. The minimum absolute atomic E-state index is 0.106. The zero-order valence-electron chi connectivity index (χ0n) is 55.6. The van der Waals surface area contributed by atoms with Crippen LogP contribution < -0.4 is 0 Å². The number of esters is 4. The van der Waals surface area contributed by atoms with Crippen molar-refractivity contribution in [3.8, 4) is 0 Å². The Balaban J connectivity index is 5.24. The highest BCUT2D eigenvalue weighted by Gasteiger charge is 2.30. The normalized spacial score (nSPS) is 14.5. The van der Waals surface area contributed by atoms with Gasteiger partial charge in [0.15, 0.2) is 12.2 Å². The van der Waals surface area contributed by atoms with Crippen molar-refractivity contribution in [3.05, 3.63) is 0 Å². The van der Waals surface area contributed by atoms with Gasteiger partial charge in [0.25, 0.3) is 0 Å². The summed E-state index contributed by atoms with van der Waals surface area (Å²) in [6, 6.07) is 0. The highest BCUT2D eigenvalue weighted by atomic mass is 31.2. The van der Waals surface area contributed by atoms with E-state index in [9.17, 15) is 43.2 Å². The van der Waals surface area contributed by atoms with Crippen molar-refractivity contribution in [1.82, 2.24) is 0 Å². The SMILES string of the molecule is CCCCCCCCCCCCCCC(=O)O[C@H](COC(=O)CCCCCCCCCC)COP(=O)(O)OC[C@H](O)COP(=O)(O)OC[C@@H](COC(=O)CCCCCCCCCCCC(C)C)OC(=O)CCCCCCCCCCCCC(C)CC. The summed E-state index contributed by atoms with van der Waals surface area (Å²) in [4.78, 5) is 72.3. The molecule has 0 fully saturated rings. The Morgan fingerprint density at radius 1 is 0.337 bits per heavy atom. The molecule has 510 valence electrons. The van der Waals surface area contributed by atoms with Gasteiger partial charge in [-0.3, -0.25) is 37.3 Å². The lowest BCUT2D eigenvalue weighted by molar-refractivity contribution is -0.161. The van der Waals surface area contributed by atoms with Crippen LogP contribution in [0, 0.1) is 11.8 Å². The zero-order chi connectivity index (χ0) is 63.6. The average molecular weight is 1270 g/mol. The number of rotatable bonds is 66. The number of ether oxygens (including phenoxy) is 4. The van der Waals surface area contributed by atoms with E-state index in [-0.39, 0.29) is 25.7 Å². The third kappa shape index (κ3) is 59.7. The molecule has 6 atom stereocenters. The maximum atomic E-state index is 13.0. The Kier molecular flexibility index (Phi) is 58.0. The first kappa shape index (κ1) is 84.1. The molecule has 0 aliphatic rings. The molecule has 0 radical (unpaired) electrons. The molecule has 17 nitrogen and oxygen atoms in total. The molecule has 0 aromatic carbocycles. The molecule has 3 N–H and O–H groups in total. The zero-order valence-corrected chi connectivity index (χ0v) is 57.4. The average Bonchev–Trinajstić information content (AvgIpc) is 3.65. The van der Waals surface area contributed by atoms with Gasteiger partial charge in [0, 0.05) is 25.7 Å². The van der Waals surface area contributed by atoms with Gasteiger partial charge < -0.3 is 33.8 Å². The van der Waals surface area contributed by atoms with Crippen LogP contribution in [-0.2, 0) is 65.4 Å². The Labute approximate surface area is 524 Å². The molecular formula is C67H130O17P2. The van der Waals surface area contributed by atoms with E-state index < -0.39 is 97.5 Å². The van der Waals surface area contributed by atoms with Crippen LogP contribution in [0.2, 0.25) is 0 Å². The Bertz CT molecular complexity index is 1690. The van der Waals surface area contributed by atoms with Gasteiger partial charge >= 0.3 is 39.5 Å². The molecule has 19 heteroatoms. The molecule has 0 aliphatic heterocycles. The van der Waals surface area contributed by atoms with Crippen molar-refractivity contribution in [2.75, 3.05) is 39.6 Å². The summed E-state index contributed by atoms with van der Waals surface area (Å²) in [7, 11) is -9.89. The van der Waals surface area contributed by atoms with Crippen molar-refractivity contribution in [2.45, 2.75) is 355 Å². The van der Waals surface area contributed by atoms with Gasteiger partial charge in [-0.15, -0.1) is 0 Å². The first-order valence-corrected chi connectivity index (χ1v) is 38.0. The largest absolute Gasteiger partial charge is 0.472 e. The molecule has 0 bridgehead atoms. The van der Waals surface area contributed by atoms with Crippen molar-refractivity contribution in [3.63, 3.8) is 0 Å². The van der Waals surface area contributed by atoms with Gasteiger partial charge in [0.05, 0.1) is 26.4 Å². The van der Waals surface area contributed by atoms with Gasteiger partial charge in [-0.05, 0) is 37.5 Å². The van der Waals surface area contributed by atoms with Crippen LogP contribution in [0.25, 0.3) is 0 Å². The maximum Gasteiger partial charge on any atom is 0.472 e. The predicted molar refractivity (Wildman–Crippen MR) is 345 cm³/mol. The molecule has 0 rings (SSSR count). The van der Waals surface area contributed by atoms with Gasteiger partial charge in [0.1, 0.15) is 19.3 Å². The van der Waals surface area contributed by atoms with Crippen molar-refractivity contribution in [2.24, 2.45) is 11.8 Å². The monoisotopic (exact) mass is 1270 g/mol.